The Labute approximate surface area is 121 Å². The maximum Gasteiger partial charge on any atom is 0.160 e. The zero-order chi connectivity index (χ0) is 15.3. The molecule has 0 fully saturated rings. The van der Waals surface area contributed by atoms with Crippen LogP contribution in [0.5, 0.6) is 0 Å². The molecule has 1 rings (SSSR count). The van der Waals surface area contributed by atoms with E-state index in [0.717, 1.165) is 29.8 Å². The summed E-state index contributed by atoms with van der Waals surface area (Å²) in [6.07, 6.45) is 1.83. The Bertz CT molecular complexity index is 506. The number of aliphatic hydroxyl groups is 1. The van der Waals surface area contributed by atoms with Crippen molar-refractivity contribution in [1.82, 2.24) is 4.90 Å². The first-order valence-corrected chi connectivity index (χ1v) is 6.97. The van der Waals surface area contributed by atoms with Crippen molar-refractivity contribution in [3.8, 4) is 0 Å². The zero-order valence-corrected chi connectivity index (χ0v) is 13.0. The number of nitrogens with zero attached hydrogens (tertiary/aromatic N) is 1. The van der Waals surface area contributed by atoms with E-state index < -0.39 is 0 Å². The molecule has 3 nitrogen and oxygen atoms in total. The highest BCUT2D eigenvalue weighted by atomic mass is 16.3. The minimum atomic E-state index is 0.110. The second-order valence-corrected chi connectivity index (χ2v) is 5.29. The molecule has 0 spiro atoms. The Balaban J connectivity index is 3.20. The lowest BCUT2D eigenvalue weighted by Crippen LogP contribution is -2.27. The third-order valence-electron chi connectivity index (χ3n) is 3.67. The number of Topliss-reactive ketones (excluding diaryl/α,β-unsaturated/α-hetero) is 1. The molecule has 0 aliphatic carbocycles. The fourth-order valence-electron chi connectivity index (χ4n) is 2.79. The highest BCUT2D eigenvalue weighted by Gasteiger charge is 2.16. The van der Waals surface area contributed by atoms with Crippen molar-refractivity contribution in [2.75, 3.05) is 19.7 Å². The topological polar surface area (TPSA) is 40.5 Å². The van der Waals surface area contributed by atoms with Crippen LogP contribution in [0, 0.1) is 20.8 Å². The van der Waals surface area contributed by atoms with Gasteiger partial charge < -0.3 is 5.11 Å². The molecule has 0 unspecified atom stereocenters. The van der Waals surface area contributed by atoms with Crippen LogP contribution in [0.3, 0.4) is 0 Å². The first kappa shape index (κ1) is 16.6. The Hall–Kier alpha value is -1.45. The van der Waals surface area contributed by atoms with Crippen molar-refractivity contribution < 1.29 is 9.90 Å². The summed E-state index contributed by atoms with van der Waals surface area (Å²) < 4.78 is 0. The zero-order valence-electron chi connectivity index (χ0n) is 13.0. The summed E-state index contributed by atoms with van der Waals surface area (Å²) in [6, 6.07) is 2.07. The molecule has 0 saturated carbocycles. The lowest BCUT2D eigenvalue weighted by atomic mass is 9.91. The number of ketones is 1. The molecule has 0 aromatic heterocycles. The lowest BCUT2D eigenvalue weighted by Gasteiger charge is -2.23. The summed E-state index contributed by atoms with van der Waals surface area (Å²) in [5.41, 5.74) is 5.29. The predicted octanol–water partition coefficient (Wildman–Crippen LogP) is 2.79. The second kappa shape index (κ2) is 7.36. The van der Waals surface area contributed by atoms with Crippen LogP contribution in [-0.2, 0) is 6.54 Å². The average molecular weight is 275 g/mol. The summed E-state index contributed by atoms with van der Waals surface area (Å²) in [6.45, 7) is 13.6. The van der Waals surface area contributed by atoms with Crippen LogP contribution >= 0.6 is 0 Å². The van der Waals surface area contributed by atoms with E-state index in [2.05, 4.69) is 24.5 Å². The van der Waals surface area contributed by atoms with E-state index in [4.69, 9.17) is 5.11 Å². The maximum absolute atomic E-state index is 11.8. The van der Waals surface area contributed by atoms with E-state index in [1.807, 2.05) is 19.9 Å². The molecule has 0 atom stereocenters. The van der Waals surface area contributed by atoms with Crippen molar-refractivity contribution in [2.24, 2.45) is 0 Å². The van der Waals surface area contributed by atoms with Crippen molar-refractivity contribution in [3.05, 3.63) is 46.5 Å². The number of rotatable bonds is 7. The number of carbonyl (C=O) groups excluding carboxylic acids is 1. The Morgan fingerprint density at radius 1 is 1.35 bits per heavy atom. The first-order valence-electron chi connectivity index (χ1n) is 6.97. The van der Waals surface area contributed by atoms with Gasteiger partial charge in [0.15, 0.2) is 5.78 Å². The van der Waals surface area contributed by atoms with E-state index in [9.17, 15) is 4.79 Å². The van der Waals surface area contributed by atoms with Crippen LogP contribution in [0.1, 0.15) is 39.5 Å². The fourth-order valence-corrected chi connectivity index (χ4v) is 2.79. The maximum atomic E-state index is 11.8. The van der Waals surface area contributed by atoms with Gasteiger partial charge in [0.2, 0.25) is 0 Å². The molecule has 1 N–H and O–H groups in total. The van der Waals surface area contributed by atoms with E-state index >= 15 is 0 Å². The molecule has 0 aliphatic heterocycles. The molecule has 0 bridgehead atoms. The third-order valence-corrected chi connectivity index (χ3v) is 3.67. The number of hydrogen-bond acceptors (Lipinski definition) is 3. The molecule has 20 heavy (non-hydrogen) atoms. The Morgan fingerprint density at radius 3 is 2.50 bits per heavy atom. The van der Waals surface area contributed by atoms with Gasteiger partial charge in [0.05, 0.1) is 6.61 Å². The number of benzene rings is 1. The smallest absolute Gasteiger partial charge is 0.160 e. The van der Waals surface area contributed by atoms with Gasteiger partial charge in [-0.15, -0.1) is 6.58 Å². The average Bonchev–Trinajstić information content (AvgIpc) is 2.34. The highest BCUT2D eigenvalue weighted by molar-refractivity contribution is 5.97. The van der Waals surface area contributed by atoms with Crippen LogP contribution in [-0.4, -0.2) is 35.5 Å². The van der Waals surface area contributed by atoms with Gasteiger partial charge in [0.25, 0.3) is 0 Å². The predicted molar refractivity (Wildman–Crippen MR) is 83.2 cm³/mol. The van der Waals surface area contributed by atoms with Crippen LogP contribution in [0.2, 0.25) is 0 Å². The standard InChI is InChI=1S/C17H25NO2/c1-6-7-18(8-9-19)11-16-12(2)10-13(3)17(14(16)4)15(5)20/h6,10,19H,1,7-9,11H2,2-5H3. The van der Waals surface area contributed by atoms with E-state index in [0.29, 0.717) is 6.54 Å². The van der Waals surface area contributed by atoms with Crippen LogP contribution < -0.4 is 0 Å². The van der Waals surface area contributed by atoms with Gasteiger partial charge in [-0.2, -0.15) is 0 Å². The van der Waals surface area contributed by atoms with Crippen molar-refractivity contribution in [3.63, 3.8) is 0 Å². The van der Waals surface area contributed by atoms with E-state index in [-0.39, 0.29) is 12.4 Å². The molecule has 0 aliphatic rings. The van der Waals surface area contributed by atoms with Gasteiger partial charge in [0, 0.05) is 25.2 Å². The lowest BCUT2D eigenvalue weighted by molar-refractivity contribution is 0.101. The Morgan fingerprint density at radius 2 is 2.00 bits per heavy atom. The van der Waals surface area contributed by atoms with Crippen molar-refractivity contribution >= 4 is 5.78 Å². The van der Waals surface area contributed by atoms with Gasteiger partial charge in [0.1, 0.15) is 0 Å². The number of aliphatic hydroxyl groups excluding tert-OH is 1. The van der Waals surface area contributed by atoms with Gasteiger partial charge in [-0.3, -0.25) is 9.69 Å². The summed E-state index contributed by atoms with van der Waals surface area (Å²) in [5.74, 6) is 0.110. The summed E-state index contributed by atoms with van der Waals surface area (Å²) in [4.78, 5) is 13.9. The van der Waals surface area contributed by atoms with Crippen molar-refractivity contribution in [1.29, 1.82) is 0 Å². The normalized spacial score (nSPS) is 10.9. The molecule has 0 heterocycles. The SMILES string of the molecule is C=CCN(CCO)Cc1c(C)cc(C)c(C(C)=O)c1C. The minimum absolute atomic E-state index is 0.110. The second-order valence-electron chi connectivity index (χ2n) is 5.29. The Kier molecular flexibility index (Phi) is 6.11. The minimum Gasteiger partial charge on any atom is -0.395 e. The molecule has 0 amide bonds. The van der Waals surface area contributed by atoms with Crippen molar-refractivity contribution in [2.45, 2.75) is 34.2 Å². The van der Waals surface area contributed by atoms with Gasteiger partial charge >= 0.3 is 0 Å². The molecular formula is C17H25NO2. The summed E-state index contributed by atoms with van der Waals surface area (Å²) in [7, 11) is 0. The molecule has 1 aromatic rings. The van der Waals surface area contributed by atoms with Gasteiger partial charge in [-0.1, -0.05) is 12.1 Å². The molecule has 1 aromatic carbocycles. The monoisotopic (exact) mass is 275 g/mol. The van der Waals surface area contributed by atoms with Crippen LogP contribution in [0.25, 0.3) is 0 Å². The van der Waals surface area contributed by atoms with Crippen LogP contribution in [0.4, 0.5) is 0 Å². The van der Waals surface area contributed by atoms with Gasteiger partial charge in [-0.05, 0) is 49.9 Å². The molecule has 0 saturated heterocycles. The van der Waals surface area contributed by atoms with E-state index in [1.54, 1.807) is 6.92 Å². The highest BCUT2D eigenvalue weighted by Crippen LogP contribution is 2.24. The quantitative estimate of drug-likeness (QED) is 0.614. The third kappa shape index (κ3) is 3.78. The van der Waals surface area contributed by atoms with Crippen LogP contribution in [0.15, 0.2) is 18.7 Å². The fraction of sp³-hybridized carbons (Fsp3) is 0.471. The first-order chi connectivity index (χ1) is 9.42. The van der Waals surface area contributed by atoms with E-state index in [1.165, 1.54) is 11.1 Å². The molecular weight excluding hydrogens is 250 g/mol. The van der Waals surface area contributed by atoms with Gasteiger partial charge in [-0.25, -0.2) is 0 Å². The molecule has 0 radical (unpaired) electrons. The number of aryl methyl sites for hydroxylation is 2. The summed E-state index contributed by atoms with van der Waals surface area (Å²) in [5, 5.41) is 9.14. The number of hydrogen-bond donors (Lipinski definition) is 1. The largest absolute Gasteiger partial charge is 0.395 e. The molecule has 110 valence electrons. The summed E-state index contributed by atoms with van der Waals surface area (Å²) >= 11 is 0. The number of carbonyl (C=O) groups is 1. The molecule has 3 heteroatoms.